The minimum absolute atomic E-state index is 0.00436. The van der Waals surface area contributed by atoms with Gasteiger partial charge in [-0.15, -0.1) is 0 Å². The van der Waals surface area contributed by atoms with Crippen LogP contribution in [0.25, 0.3) is 0 Å². The van der Waals surface area contributed by atoms with Gasteiger partial charge in [0, 0.05) is 18.8 Å². The number of amides is 4. The van der Waals surface area contributed by atoms with Crippen molar-refractivity contribution < 1.29 is 28.7 Å². The molecule has 0 aliphatic heterocycles. The molecule has 0 aromatic heterocycles. The van der Waals surface area contributed by atoms with Crippen LogP contribution in [-0.2, 0) is 25.7 Å². The van der Waals surface area contributed by atoms with Crippen molar-refractivity contribution in [1.29, 1.82) is 0 Å². The zero-order valence-electron chi connectivity index (χ0n) is 28.1. The minimum atomic E-state index is -0.837. The van der Waals surface area contributed by atoms with E-state index in [0.717, 1.165) is 24.8 Å². The van der Waals surface area contributed by atoms with Gasteiger partial charge in [-0.25, -0.2) is 9.59 Å². The van der Waals surface area contributed by atoms with Gasteiger partial charge in [-0.2, -0.15) is 0 Å². The van der Waals surface area contributed by atoms with Crippen molar-refractivity contribution in [2.24, 2.45) is 28.9 Å². The standard InChI is InChI=1S/C33H57N5O6/c1-9-12-24(7)19-43-32(42)44-20-25-14-16-26(17-15-25)37-29(39)27(13-11-18-35-31(34)41)38-30(40)28(22(3)4)36-21-33(8,10-2)23(5)6/h14-17,22-24,27-28,36H,9-13,18-21H2,1-8H3,(H,37,39)(H,38,40)(H3,34,35,41). The number of hydrogen-bond donors (Lipinski definition) is 5. The molecule has 6 N–H and O–H groups in total. The summed E-state index contributed by atoms with van der Waals surface area (Å²) >= 11 is 0. The van der Waals surface area contributed by atoms with Gasteiger partial charge in [0.05, 0.1) is 12.6 Å². The SMILES string of the molecule is CCCC(C)COC(=O)OCc1ccc(NC(=O)C(CCCNC(N)=O)NC(=O)C(NCC(C)(CC)C(C)C)C(C)C)cc1. The Hall–Kier alpha value is -3.34. The number of carbonyl (C=O) groups is 4. The van der Waals surface area contributed by atoms with E-state index >= 15 is 0 Å². The lowest BCUT2D eigenvalue weighted by atomic mass is 9.76. The highest BCUT2D eigenvalue weighted by atomic mass is 16.7. The molecule has 11 nitrogen and oxygen atoms in total. The first-order chi connectivity index (χ1) is 20.7. The predicted molar refractivity (Wildman–Crippen MR) is 174 cm³/mol. The van der Waals surface area contributed by atoms with Crippen LogP contribution in [0.3, 0.4) is 0 Å². The molecule has 0 saturated heterocycles. The van der Waals surface area contributed by atoms with Crippen LogP contribution >= 0.6 is 0 Å². The van der Waals surface area contributed by atoms with Crippen LogP contribution < -0.4 is 27.0 Å². The number of urea groups is 1. The monoisotopic (exact) mass is 619 g/mol. The zero-order chi connectivity index (χ0) is 33.3. The largest absolute Gasteiger partial charge is 0.508 e. The summed E-state index contributed by atoms with van der Waals surface area (Å²) in [6, 6.07) is 4.92. The van der Waals surface area contributed by atoms with Gasteiger partial charge in [-0.1, -0.05) is 73.9 Å². The van der Waals surface area contributed by atoms with E-state index in [-0.39, 0.29) is 42.2 Å². The topological polar surface area (TPSA) is 161 Å². The van der Waals surface area contributed by atoms with E-state index in [9.17, 15) is 19.2 Å². The first-order valence-electron chi connectivity index (χ1n) is 16.0. The van der Waals surface area contributed by atoms with E-state index in [1.54, 1.807) is 24.3 Å². The van der Waals surface area contributed by atoms with E-state index in [4.69, 9.17) is 15.2 Å². The first-order valence-corrected chi connectivity index (χ1v) is 16.0. The molecular weight excluding hydrogens is 562 g/mol. The molecule has 4 unspecified atom stereocenters. The molecule has 0 aliphatic carbocycles. The van der Waals surface area contributed by atoms with Crippen LogP contribution in [0.4, 0.5) is 15.3 Å². The molecule has 0 saturated carbocycles. The van der Waals surface area contributed by atoms with Crippen molar-refractivity contribution in [3.05, 3.63) is 29.8 Å². The van der Waals surface area contributed by atoms with Gasteiger partial charge in [0.2, 0.25) is 11.8 Å². The molecule has 11 heteroatoms. The Bertz CT molecular complexity index is 1030. The second kappa shape index (κ2) is 19.8. The molecule has 4 atom stereocenters. The second-order valence-corrected chi connectivity index (χ2v) is 12.7. The predicted octanol–water partition coefficient (Wildman–Crippen LogP) is 5.33. The van der Waals surface area contributed by atoms with Gasteiger partial charge in [-0.05, 0) is 66.5 Å². The lowest BCUT2D eigenvalue weighted by molar-refractivity contribution is -0.129. The van der Waals surface area contributed by atoms with Crippen molar-refractivity contribution >= 4 is 29.7 Å². The third-order valence-corrected chi connectivity index (χ3v) is 8.32. The molecule has 0 heterocycles. The summed E-state index contributed by atoms with van der Waals surface area (Å²) in [4.78, 5) is 49.8. The fraction of sp³-hybridized carbons (Fsp3) is 0.697. The normalized spacial score (nSPS) is 14.7. The average molecular weight is 620 g/mol. The molecule has 0 aliphatic rings. The van der Waals surface area contributed by atoms with E-state index in [0.29, 0.717) is 37.6 Å². The summed E-state index contributed by atoms with van der Waals surface area (Å²) in [5.74, 6) is 0.0642. The molecule has 44 heavy (non-hydrogen) atoms. The number of benzene rings is 1. The smallest absolute Gasteiger partial charge is 0.434 e. The van der Waals surface area contributed by atoms with Crippen LogP contribution in [0.2, 0.25) is 0 Å². The second-order valence-electron chi connectivity index (χ2n) is 12.7. The summed E-state index contributed by atoms with van der Waals surface area (Å²) in [6.45, 7) is 18.1. The molecule has 1 rings (SSSR count). The maximum atomic E-state index is 13.5. The quantitative estimate of drug-likeness (QED) is 0.0973. The van der Waals surface area contributed by atoms with Crippen molar-refractivity contribution in [2.75, 3.05) is 25.0 Å². The third kappa shape index (κ3) is 14.4. The average Bonchev–Trinajstić information content (AvgIpc) is 2.96. The van der Waals surface area contributed by atoms with Gasteiger partial charge in [-0.3, -0.25) is 9.59 Å². The molecular formula is C33H57N5O6. The van der Waals surface area contributed by atoms with Crippen molar-refractivity contribution in [3.8, 4) is 0 Å². The van der Waals surface area contributed by atoms with Crippen molar-refractivity contribution in [3.63, 3.8) is 0 Å². The summed E-state index contributed by atoms with van der Waals surface area (Å²) in [7, 11) is 0. The number of nitrogens with one attached hydrogen (secondary N) is 4. The maximum absolute atomic E-state index is 13.5. The Balaban J connectivity index is 2.87. The number of primary amides is 1. The molecule has 0 radical (unpaired) electrons. The van der Waals surface area contributed by atoms with Gasteiger partial charge in [0.25, 0.3) is 0 Å². The number of carbonyl (C=O) groups excluding carboxylic acids is 4. The van der Waals surface area contributed by atoms with Gasteiger partial charge in [0.1, 0.15) is 12.6 Å². The molecule has 250 valence electrons. The number of hydrogen-bond acceptors (Lipinski definition) is 7. The zero-order valence-corrected chi connectivity index (χ0v) is 28.1. The van der Waals surface area contributed by atoms with Crippen molar-refractivity contribution in [1.82, 2.24) is 16.0 Å². The highest BCUT2D eigenvalue weighted by Crippen LogP contribution is 2.30. The highest BCUT2D eigenvalue weighted by molar-refractivity contribution is 5.97. The third-order valence-electron chi connectivity index (χ3n) is 8.32. The molecule has 0 bridgehead atoms. The van der Waals surface area contributed by atoms with Crippen LogP contribution in [0.15, 0.2) is 24.3 Å². The lowest BCUT2D eigenvalue weighted by Crippen LogP contribution is -2.55. The van der Waals surface area contributed by atoms with E-state index in [1.165, 1.54) is 0 Å². The Kier molecular flexibility index (Phi) is 17.4. The van der Waals surface area contributed by atoms with Crippen LogP contribution in [0.1, 0.15) is 93.1 Å². The van der Waals surface area contributed by atoms with Crippen LogP contribution in [0.5, 0.6) is 0 Å². The van der Waals surface area contributed by atoms with Crippen LogP contribution in [-0.4, -0.2) is 55.8 Å². The summed E-state index contributed by atoms with van der Waals surface area (Å²) in [6.07, 6.45) is 2.98. The Morgan fingerprint density at radius 3 is 2.14 bits per heavy atom. The molecule has 0 spiro atoms. The number of nitrogens with two attached hydrogens (primary N) is 1. The molecule has 4 amide bonds. The minimum Gasteiger partial charge on any atom is -0.434 e. The molecule has 1 aromatic rings. The number of ether oxygens (including phenoxy) is 2. The van der Waals surface area contributed by atoms with Crippen molar-refractivity contribution in [2.45, 2.75) is 106 Å². The molecule has 0 fully saturated rings. The van der Waals surface area contributed by atoms with Gasteiger partial charge < -0.3 is 36.5 Å². The van der Waals surface area contributed by atoms with Crippen LogP contribution in [0, 0.1) is 23.2 Å². The van der Waals surface area contributed by atoms with E-state index in [1.807, 2.05) is 20.8 Å². The molecule has 1 aromatic carbocycles. The lowest BCUT2D eigenvalue weighted by Gasteiger charge is -2.35. The van der Waals surface area contributed by atoms with Gasteiger partial charge >= 0.3 is 12.2 Å². The first kappa shape index (κ1) is 38.7. The van der Waals surface area contributed by atoms with E-state index < -0.39 is 24.3 Å². The van der Waals surface area contributed by atoms with Gasteiger partial charge in [0.15, 0.2) is 0 Å². The number of anilines is 1. The summed E-state index contributed by atoms with van der Waals surface area (Å²) < 4.78 is 10.4. The maximum Gasteiger partial charge on any atom is 0.508 e. The fourth-order valence-corrected chi connectivity index (χ4v) is 4.64. The Morgan fingerprint density at radius 2 is 1.59 bits per heavy atom. The number of rotatable bonds is 20. The fourth-order valence-electron chi connectivity index (χ4n) is 4.64. The summed E-state index contributed by atoms with van der Waals surface area (Å²) in [5, 5.41) is 11.8. The Morgan fingerprint density at radius 1 is 0.932 bits per heavy atom. The highest BCUT2D eigenvalue weighted by Gasteiger charge is 2.31. The van der Waals surface area contributed by atoms with E-state index in [2.05, 4.69) is 55.9 Å². The Labute approximate surface area is 264 Å². The summed E-state index contributed by atoms with van der Waals surface area (Å²) in [5.41, 5.74) is 6.45.